The molecule has 0 spiro atoms. The van der Waals surface area contributed by atoms with Gasteiger partial charge in [0.25, 0.3) is 0 Å². The van der Waals surface area contributed by atoms with Gasteiger partial charge in [-0.2, -0.15) is 0 Å². The molecule has 2 nitrogen and oxygen atoms in total. The van der Waals surface area contributed by atoms with E-state index in [9.17, 15) is 9.90 Å². The van der Waals surface area contributed by atoms with E-state index in [4.69, 9.17) is 0 Å². The fourth-order valence-electron chi connectivity index (χ4n) is 4.17. The minimum atomic E-state index is -0.0201. The molecule has 1 aromatic carbocycles. The van der Waals surface area contributed by atoms with Crippen LogP contribution in [0.25, 0.3) is 6.08 Å². The number of phenols is 1. The van der Waals surface area contributed by atoms with Crippen LogP contribution >= 0.6 is 11.3 Å². The molecule has 0 amide bonds. The summed E-state index contributed by atoms with van der Waals surface area (Å²) in [5.74, 6) is 1.68. The molecule has 2 aliphatic carbocycles. The number of ketones is 1. The van der Waals surface area contributed by atoms with Gasteiger partial charge < -0.3 is 5.11 Å². The molecular formula is C20H20O2S. The second kappa shape index (κ2) is 4.81. The number of carbonyl (C=O) groups is 1. The summed E-state index contributed by atoms with van der Waals surface area (Å²) in [6.45, 7) is 6.94. The number of aryl methyl sites for hydroxylation is 1. The third kappa shape index (κ3) is 2.18. The number of carbonyl (C=O) groups excluding carboxylic acids is 1. The molecule has 23 heavy (non-hydrogen) atoms. The van der Waals surface area contributed by atoms with Crippen molar-refractivity contribution in [3.05, 3.63) is 56.8 Å². The standard InChI is InChI=1S/C20H20O2S/c1-11-18-14(10-15-19(18)20(15,2)3)17(23-11)9-8-16(22)12-4-6-13(21)7-5-12/h4-9,15,19,21H,10H2,1-3H3/t15-,19-/m1/s1. The fourth-order valence-corrected chi connectivity index (χ4v) is 5.31. The van der Waals surface area contributed by atoms with Crippen LogP contribution in [-0.2, 0) is 6.42 Å². The number of fused-ring (bicyclic) bond motifs is 3. The maximum absolute atomic E-state index is 12.2. The van der Waals surface area contributed by atoms with E-state index in [1.165, 1.54) is 15.3 Å². The number of phenolic OH excluding ortho intramolecular Hbond substituents is 1. The smallest absolute Gasteiger partial charge is 0.185 e. The Balaban J connectivity index is 1.59. The summed E-state index contributed by atoms with van der Waals surface area (Å²) in [6.07, 6.45) is 4.79. The molecule has 2 aromatic rings. The van der Waals surface area contributed by atoms with Gasteiger partial charge in [-0.25, -0.2) is 0 Å². The molecular weight excluding hydrogens is 304 g/mol. The van der Waals surface area contributed by atoms with Crippen LogP contribution in [0.4, 0.5) is 0 Å². The number of thiophene rings is 1. The van der Waals surface area contributed by atoms with Crippen molar-refractivity contribution in [2.75, 3.05) is 0 Å². The molecule has 0 bridgehead atoms. The monoisotopic (exact) mass is 324 g/mol. The van der Waals surface area contributed by atoms with E-state index in [-0.39, 0.29) is 11.5 Å². The molecule has 3 heteroatoms. The van der Waals surface area contributed by atoms with Gasteiger partial charge in [-0.05, 0) is 78.1 Å². The van der Waals surface area contributed by atoms with Crippen LogP contribution in [0.3, 0.4) is 0 Å². The molecule has 2 aliphatic rings. The Morgan fingerprint density at radius 1 is 1.30 bits per heavy atom. The predicted octanol–water partition coefficient (Wildman–Crippen LogP) is 4.95. The summed E-state index contributed by atoms with van der Waals surface area (Å²) in [4.78, 5) is 14.9. The minimum absolute atomic E-state index is 0.0201. The summed E-state index contributed by atoms with van der Waals surface area (Å²) in [5, 5.41) is 9.30. The third-order valence-electron chi connectivity index (χ3n) is 5.59. The largest absolute Gasteiger partial charge is 0.508 e. The van der Waals surface area contributed by atoms with E-state index in [1.807, 2.05) is 17.4 Å². The highest BCUT2D eigenvalue weighted by atomic mass is 32.1. The lowest BCUT2D eigenvalue weighted by Gasteiger charge is -2.09. The van der Waals surface area contributed by atoms with Gasteiger partial charge in [0.1, 0.15) is 5.75 Å². The summed E-state index contributed by atoms with van der Waals surface area (Å²) >= 11 is 1.81. The minimum Gasteiger partial charge on any atom is -0.508 e. The maximum atomic E-state index is 12.2. The van der Waals surface area contributed by atoms with Gasteiger partial charge in [0.15, 0.2) is 5.78 Å². The van der Waals surface area contributed by atoms with E-state index < -0.39 is 0 Å². The summed E-state index contributed by atoms with van der Waals surface area (Å²) < 4.78 is 0. The van der Waals surface area contributed by atoms with Crippen molar-refractivity contribution < 1.29 is 9.90 Å². The molecule has 1 saturated carbocycles. The molecule has 4 rings (SSSR count). The van der Waals surface area contributed by atoms with Crippen LogP contribution in [0.1, 0.15) is 51.0 Å². The lowest BCUT2D eigenvalue weighted by molar-refractivity contribution is 0.104. The molecule has 0 aliphatic heterocycles. The highest BCUT2D eigenvalue weighted by molar-refractivity contribution is 7.13. The van der Waals surface area contributed by atoms with E-state index in [2.05, 4.69) is 20.8 Å². The third-order valence-corrected chi connectivity index (χ3v) is 6.72. The number of rotatable bonds is 3. The summed E-state index contributed by atoms with van der Waals surface area (Å²) in [5.41, 5.74) is 4.09. The molecule has 0 radical (unpaired) electrons. The first-order chi connectivity index (χ1) is 10.9. The van der Waals surface area contributed by atoms with Crippen molar-refractivity contribution in [3.63, 3.8) is 0 Å². The molecule has 1 N–H and O–H groups in total. The normalized spacial score (nSPS) is 23.8. The van der Waals surface area contributed by atoms with Crippen LogP contribution in [0.5, 0.6) is 5.75 Å². The zero-order valence-corrected chi connectivity index (χ0v) is 14.4. The van der Waals surface area contributed by atoms with Gasteiger partial charge in [0, 0.05) is 15.3 Å². The molecule has 1 heterocycles. The molecule has 1 aromatic heterocycles. The highest BCUT2D eigenvalue weighted by Crippen LogP contribution is 2.71. The average molecular weight is 324 g/mol. The Bertz CT molecular complexity index is 824. The summed E-state index contributed by atoms with van der Waals surface area (Å²) in [6, 6.07) is 6.40. The number of hydrogen-bond donors (Lipinski definition) is 1. The zero-order chi connectivity index (χ0) is 16.4. The Morgan fingerprint density at radius 3 is 2.70 bits per heavy atom. The Kier molecular flexibility index (Phi) is 3.08. The highest BCUT2D eigenvalue weighted by Gasteiger charge is 2.63. The SMILES string of the molecule is Cc1sc(C=CC(=O)c2ccc(O)cc2)c2c1[C@H]1[C@@H](C2)C1(C)C. The first kappa shape index (κ1) is 14.7. The Morgan fingerprint density at radius 2 is 2.00 bits per heavy atom. The second-order valence-corrected chi connectivity index (χ2v) is 8.53. The van der Waals surface area contributed by atoms with Gasteiger partial charge >= 0.3 is 0 Å². The van der Waals surface area contributed by atoms with Crippen LogP contribution in [0.15, 0.2) is 30.3 Å². The van der Waals surface area contributed by atoms with Gasteiger partial charge in [0.05, 0.1) is 0 Å². The number of aromatic hydroxyl groups is 1. The van der Waals surface area contributed by atoms with E-state index in [0.29, 0.717) is 11.0 Å². The average Bonchev–Trinajstić information content (AvgIpc) is 2.84. The first-order valence-electron chi connectivity index (χ1n) is 8.03. The Labute approximate surface area is 140 Å². The molecule has 118 valence electrons. The molecule has 2 atom stereocenters. The van der Waals surface area contributed by atoms with Crippen LogP contribution < -0.4 is 0 Å². The van der Waals surface area contributed by atoms with Crippen molar-refractivity contribution in [3.8, 4) is 5.75 Å². The van der Waals surface area contributed by atoms with Crippen molar-refractivity contribution in [1.82, 2.24) is 0 Å². The van der Waals surface area contributed by atoms with E-state index >= 15 is 0 Å². The topological polar surface area (TPSA) is 37.3 Å². The van der Waals surface area contributed by atoms with Gasteiger partial charge in [-0.1, -0.05) is 13.8 Å². The van der Waals surface area contributed by atoms with Crippen molar-refractivity contribution >= 4 is 23.2 Å². The van der Waals surface area contributed by atoms with Gasteiger partial charge in [-0.3, -0.25) is 4.79 Å². The van der Waals surface area contributed by atoms with E-state index in [0.717, 1.165) is 18.3 Å². The second-order valence-electron chi connectivity index (χ2n) is 7.27. The Hall–Kier alpha value is -1.87. The van der Waals surface area contributed by atoms with Gasteiger partial charge in [0.2, 0.25) is 0 Å². The van der Waals surface area contributed by atoms with Crippen molar-refractivity contribution in [2.24, 2.45) is 11.3 Å². The lowest BCUT2D eigenvalue weighted by Crippen LogP contribution is -1.99. The molecule has 1 fully saturated rings. The van der Waals surface area contributed by atoms with E-state index in [1.54, 1.807) is 35.9 Å². The van der Waals surface area contributed by atoms with Crippen LogP contribution in [0.2, 0.25) is 0 Å². The maximum Gasteiger partial charge on any atom is 0.185 e. The molecule has 0 unspecified atom stereocenters. The lowest BCUT2D eigenvalue weighted by atomic mass is 9.95. The van der Waals surface area contributed by atoms with Crippen molar-refractivity contribution in [1.29, 1.82) is 0 Å². The molecule has 0 saturated heterocycles. The first-order valence-corrected chi connectivity index (χ1v) is 8.85. The van der Waals surface area contributed by atoms with Crippen LogP contribution in [-0.4, -0.2) is 10.9 Å². The zero-order valence-electron chi connectivity index (χ0n) is 13.6. The van der Waals surface area contributed by atoms with Crippen LogP contribution in [0, 0.1) is 18.3 Å². The summed E-state index contributed by atoms with van der Waals surface area (Å²) in [7, 11) is 0. The number of benzene rings is 1. The number of hydrogen-bond acceptors (Lipinski definition) is 3. The van der Waals surface area contributed by atoms with Crippen molar-refractivity contribution in [2.45, 2.75) is 33.1 Å². The fraction of sp³-hybridized carbons (Fsp3) is 0.350. The quantitative estimate of drug-likeness (QED) is 0.640. The van der Waals surface area contributed by atoms with Gasteiger partial charge in [-0.15, -0.1) is 11.3 Å². The number of allylic oxidation sites excluding steroid dienone is 1. The predicted molar refractivity (Wildman–Crippen MR) is 94.2 cm³/mol.